The number of carbonyl (C=O) groups excluding carboxylic acids is 1. The maximum atomic E-state index is 12.4. The van der Waals surface area contributed by atoms with E-state index in [0.29, 0.717) is 18.7 Å². The van der Waals surface area contributed by atoms with Crippen LogP contribution in [0.2, 0.25) is 0 Å². The number of amides is 1. The van der Waals surface area contributed by atoms with Gasteiger partial charge in [0.15, 0.2) is 5.13 Å². The molecule has 0 bridgehead atoms. The van der Waals surface area contributed by atoms with Gasteiger partial charge in [-0.05, 0) is 53.3 Å². The first kappa shape index (κ1) is 25.4. The Morgan fingerprint density at radius 3 is 2.47 bits per heavy atom. The van der Waals surface area contributed by atoms with E-state index in [0.717, 1.165) is 51.6 Å². The fraction of sp³-hybridized carbons (Fsp3) is 0.241. The molecule has 0 atom stereocenters. The summed E-state index contributed by atoms with van der Waals surface area (Å²) in [4.78, 5) is 17.3. The van der Waals surface area contributed by atoms with Crippen molar-refractivity contribution in [3.05, 3.63) is 94.8 Å². The first-order valence-corrected chi connectivity index (χ1v) is 13.2. The predicted octanol–water partition coefficient (Wildman–Crippen LogP) is 6.19. The van der Waals surface area contributed by atoms with Gasteiger partial charge in [0.25, 0.3) is 5.91 Å². The molecule has 6 nitrogen and oxygen atoms in total. The molecule has 1 aliphatic rings. The lowest BCUT2D eigenvalue weighted by Gasteiger charge is -2.10. The summed E-state index contributed by atoms with van der Waals surface area (Å²) in [5, 5.41) is 9.37. The van der Waals surface area contributed by atoms with Crippen LogP contribution >= 0.6 is 11.3 Å². The summed E-state index contributed by atoms with van der Waals surface area (Å²) in [5.41, 5.74) is 14.2. The molecular formula is C29H33N5OS. The fourth-order valence-corrected chi connectivity index (χ4v) is 4.60. The zero-order chi connectivity index (χ0) is 25.5. The third-order valence-electron chi connectivity index (χ3n) is 5.86. The van der Waals surface area contributed by atoms with Crippen molar-refractivity contribution in [3.63, 3.8) is 0 Å². The zero-order valence-electron chi connectivity index (χ0n) is 21.0. The van der Waals surface area contributed by atoms with Crippen molar-refractivity contribution in [2.75, 3.05) is 11.9 Å². The lowest BCUT2D eigenvalue weighted by molar-refractivity contribution is 0.0957. The minimum Gasteiger partial charge on any atom is -0.356 e. The van der Waals surface area contributed by atoms with Crippen molar-refractivity contribution >= 4 is 22.4 Å². The molecule has 186 valence electrons. The number of anilines is 1. The molecule has 1 aliphatic carbocycles. The molecule has 0 saturated heterocycles. The summed E-state index contributed by atoms with van der Waals surface area (Å²) in [6.07, 6.45) is 5.81. The zero-order valence-corrected chi connectivity index (χ0v) is 21.9. The number of benzene rings is 2. The van der Waals surface area contributed by atoms with Gasteiger partial charge in [0.1, 0.15) is 0 Å². The number of allylic oxidation sites excluding steroid dienone is 1. The van der Waals surface area contributed by atoms with Gasteiger partial charge in [0.2, 0.25) is 0 Å². The SMILES string of the molecule is CC.Cn1ccc(C(=O)NCC(Nc2nc(-c3cccc(-c4cccc(CN)c4)c3)cs2)=C2CC2)c1. The number of nitrogens with two attached hydrogens (primary N) is 1. The number of carbonyl (C=O) groups is 1. The van der Waals surface area contributed by atoms with Gasteiger partial charge in [-0.3, -0.25) is 4.79 Å². The molecule has 2 aromatic heterocycles. The molecule has 1 fully saturated rings. The molecule has 5 rings (SSSR count). The number of aryl methyl sites for hydroxylation is 1. The Kier molecular flexibility index (Phi) is 8.36. The summed E-state index contributed by atoms with van der Waals surface area (Å²) in [6, 6.07) is 18.5. The molecule has 0 unspecified atom stereocenters. The fourth-order valence-electron chi connectivity index (χ4n) is 3.86. The van der Waals surface area contributed by atoms with Crippen molar-refractivity contribution in [1.82, 2.24) is 14.9 Å². The minimum absolute atomic E-state index is 0.0727. The molecule has 2 heterocycles. The van der Waals surface area contributed by atoms with Crippen molar-refractivity contribution in [1.29, 1.82) is 0 Å². The summed E-state index contributed by atoms with van der Waals surface area (Å²) in [7, 11) is 1.91. The molecule has 2 aromatic carbocycles. The van der Waals surface area contributed by atoms with Crippen molar-refractivity contribution in [2.45, 2.75) is 33.2 Å². The second kappa shape index (κ2) is 11.8. The highest BCUT2D eigenvalue weighted by Gasteiger charge is 2.20. The molecule has 0 aliphatic heterocycles. The van der Waals surface area contributed by atoms with E-state index in [1.807, 2.05) is 56.1 Å². The Balaban J connectivity index is 0.00000148. The highest BCUT2D eigenvalue weighted by atomic mass is 32.1. The van der Waals surface area contributed by atoms with E-state index in [9.17, 15) is 4.79 Å². The lowest BCUT2D eigenvalue weighted by Crippen LogP contribution is -2.27. The van der Waals surface area contributed by atoms with Crippen LogP contribution in [0.1, 0.15) is 42.6 Å². The van der Waals surface area contributed by atoms with Gasteiger partial charge < -0.3 is 20.9 Å². The molecule has 0 radical (unpaired) electrons. The molecule has 1 amide bonds. The average molecular weight is 500 g/mol. The van der Waals surface area contributed by atoms with Crippen LogP contribution < -0.4 is 16.4 Å². The minimum atomic E-state index is -0.0727. The van der Waals surface area contributed by atoms with E-state index in [1.165, 1.54) is 5.57 Å². The number of nitrogens with zero attached hydrogens (tertiary/aromatic N) is 2. The number of nitrogens with one attached hydrogen (secondary N) is 2. The Hall–Kier alpha value is -3.68. The molecule has 36 heavy (non-hydrogen) atoms. The van der Waals surface area contributed by atoms with E-state index in [-0.39, 0.29) is 5.91 Å². The first-order valence-electron chi connectivity index (χ1n) is 12.3. The standard InChI is InChI=1S/C27H27N5OS.C2H6/c1-32-11-10-23(16-32)26(33)29-15-24(19-8-9-19)30-27-31-25(17-34-27)22-7-3-6-21(13-22)20-5-2-4-18(12-20)14-28;1-2/h2-7,10-13,16-17H,8-9,14-15,28H2,1H3,(H,29,33)(H,30,31);1-2H3. The smallest absolute Gasteiger partial charge is 0.253 e. The summed E-state index contributed by atoms with van der Waals surface area (Å²) in [6.45, 7) is 4.99. The second-order valence-corrected chi connectivity index (χ2v) is 9.34. The molecule has 4 aromatic rings. The Morgan fingerprint density at radius 2 is 1.78 bits per heavy atom. The maximum Gasteiger partial charge on any atom is 0.253 e. The van der Waals surface area contributed by atoms with E-state index in [2.05, 4.69) is 52.4 Å². The Morgan fingerprint density at radius 1 is 1.06 bits per heavy atom. The maximum absolute atomic E-state index is 12.4. The van der Waals surface area contributed by atoms with Crippen LogP contribution in [0.4, 0.5) is 5.13 Å². The van der Waals surface area contributed by atoms with Crippen LogP contribution in [-0.2, 0) is 13.6 Å². The quantitative estimate of drug-likeness (QED) is 0.270. The van der Waals surface area contributed by atoms with Gasteiger partial charge in [-0.25, -0.2) is 4.98 Å². The largest absolute Gasteiger partial charge is 0.356 e. The number of aromatic nitrogens is 2. The van der Waals surface area contributed by atoms with E-state index in [1.54, 1.807) is 11.3 Å². The van der Waals surface area contributed by atoms with Gasteiger partial charge in [0.05, 0.1) is 17.8 Å². The highest BCUT2D eigenvalue weighted by Crippen LogP contribution is 2.34. The van der Waals surface area contributed by atoms with Crippen LogP contribution in [-0.4, -0.2) is 22.0 Å². The van der Waals surface area contributed by atoms with Gasteiger partial charge in [-0.2, -0.15) is 0 Å². The Labute approximate surface area is 216 Å². The van der Waals surface area contributed by atoms with Crippen LogP contribution in [0.5, 0.6) is 0 Å². The van der Waals surface area contributed by atoms with E-state index in [4.69, 9.17) is 10.7 Å². The molecule has 0 spiro atoms. The monoisotopic (exact) mass is 499 g/mol. The van der Waals surface area contributed by atoms with Crippen LogP contribution in [0, 0.1) is 0 Å². The summed E-state index contributed by atoms with van der Waals surface area (Å²) >= 11 is 1.57. The van der Waals surface area contributed by atoms with E-state index < -0.39 is 0 Å². The van der Waals surface area contributed by atoms with Crippen LogP contribution in [0.25, 0.3) is 22.4 Å². The van der Waals surface area contributed by atoms with Crippen LogP contribution in [0.3, 0.4) is 0 Å². The highest BCUT2D eigenvalue weighted by molar-refractivity contribution is 7.14. The topological polar surface area (TPSA) is 85.0 Å². The van der Waals surface area contributed by atoms with Gasteiger partial charge >= 0.3 is 0 Å². The van der Waals surface area contributed by atoms with Gasteiger partial charge in [0, 0.05) is 42.6 Å². The Bertz CT molecular complexity index is 1360. The predicted molar refractivity (Wildman–Crippen MR) is 150 cm³/mol. The van der Waals surface area contributed by atoms with Crippen LogP contribution in [0.15, 0.2) is 83.6 Å². The number of rotatable bonds is 8. The number of thiazole rings is 1. The summed E-state index contributed by atoms with van der Waals surface area (Å²) < 4.78 is 1.87. The molecular weight excluding hydrogens is 466 g/mol. The third kappa shape index (κ3) is 6.30. The molecule has 4 N–H and O–H groups in total. The number of hydrogen-bond acceptors (Lipinski definition) is 5. The second-order valence-electron chi connectivity index (χ2n) is 8.48. The van der Waals surface area contributed by atoms with Crippen molar-refractivity contribution in [3.8, 4) is 22.4 Å². The molecule has 7 heteroatoms. The number of hydrogen-bond donors (Lipinski definition) is 3. The van der Waals surface area contributed by atoms with Gasteiger partial charge in [-0.15, -0.1) is 11.3 Å². The third-order valence-corrected chi connectivity index (χ3v) is 6.62. The molecule has 1 saturated carbocycles. The normalized spacial score (nSPS) is 11.9. The van der Waals surface area contributed by atoms with Crippen molar-refractivity contribution in [2.24, 2.45) is 12.8 Å². The van der Waals surface area contributed by atoms with Crippen molar-refractivity contribution < 1.29 is 4.79 Å². The van der Waals surface area contributed by atoms with E-state index >= 15 is 0 Å². The average Bonchev–Trinajstić information content (AvgIpc) is 3.51. The van der Waals surface area contributed by atoms with Gasteiger partial charge in [-0.1, -0.05) is 50.2 Å². The first-order chi connectivity index (χ1) is 17.6. The lowest BCUT2D eigenvalue weighted by atomic mass is 10.0. The summed E-state index contributed by atoms with van der Waals surface area (Å²) in [5.74, 6) is -0.0727.